The molecule has 0 atom stereocenters. The second-order valence-electron chi connectivity index (χ2n) is 4.55. The second-order valence-corrected chi connectivity index (χ2v) is 5.46. The summed E-state index contributed by atoms with van der Waals surface area (Å²) in [4.78, 5) is 12.1. The van der Waals surface area contributed by atoms with Crippen molar-refractivity contribution in [3.8, 4) is 0 Å². The third-order valence-electron chi connectivity index (χ3n) is 3.27. The number of rotatable bonds is 5. The van der Waals surface area contributed by atoms with Crippen LogP contribution in [0.15, 0.2) is 16.7 Å². The second kappa shape index (κ2) is 5.89. The van der Waals surface area contributed by atoms with E-state index in [0.717, 1.165) is 30.5 Å². The summed E-state index contributed by atoms with van der Waals surface area (Å²) in [7, 11) is 0. The van der Waals surface area contributed by atoms with E-state index >= 15 is 0 Å². The molecule has 100 valence electrons. The van der Waals surface area contributed by atoms with E-state index in [2.05, 4.69) is 21.2 Å². The number of aromatic nitrogens is 1. The third kappa shape index (κ3) is 2.95. The molecule has 1 fully saturated rings. The summed E-state index contributed by atoms with van der Waals surface area (Å²) in [6.07, 6.45) is 4.10. The summed E-state index contributed by atoms with van der Waals surface area (Å²) in [5, 5.41) is 3.05. The van der Waals surface area contributed by atoms with Crippen LogP contribution >= 0.6 is 15.9 Å². The highest BCUT2D eigenvalue weighted by atomic mass is 79.9. The van der Waals surface area contributed by atoms with Crippen molar-refractivity contribution in [2.45, 2.75) is 45.4 Å². The van der Waals surface area contributed by atoms with Gasteiger partial charge in [-0.15, -0.1) is 0 Å². The van der Waals surface area contributed by atoms with Crippen LogP contribution in [-0.2, 0) is 11.3 Å². The van der Waals surface area contributed by atoms with Crippen molar-refractivity contribution in [1.82, 2.24) is 9.88 Å². The molecule has 0 spiro atoms. The Labute approximate surface area is 116 Å². The van der Waals surface area contributed by atoms with Gasteiger partial charge >= 0.3 is 0 Å². The maximum absolute atomic E-state index is 12.1. The van der Waals surface area contributed by atoms with Gasteiger partial charge in [-0.05, 0) is 48.7 Å². The molecule has 1 heterocycles. The van der Waals surface area contributed by atoms with Crippen LogP contribution in [0.2, 0.25) is 0 Å². The average Bonchev–Trinajstić information content (AvgIpc) is 2.67. The number of hydrogen-bond donors (Lipinski definition) is 1. The fourth-order valence-corrected chi connectivity index (χ4v) is 2.71. The molecule has 1 aromatic heterocycles. The standard InChI is InChI=1S/C13H19BrN2O2/c1-3-16-8-9(14)5-12(16)13(17)15-10-6-11(7-10)18-4-2/h5,8,10-11H,3-4,6-7H2,1-2H3,(H,15,17). The Bertz CT molecular complexity index is 425. The molecule has 1 aliphatic carbocycles. The largest absolute Gasteiger partial charge is 0.378 e. The molecule has 18 heavy (non-hydrogen) atoms. The van der Waals surface area contributed by atoms with Gasteiger partial charge < -0.3 is 14.6 Å². The van der Waals surface area contributed by atoms with Gasteiger partial charge in [0.1, 0.15) is 5.69 Å². The van der Waals surface area contributed by atoms with Crippen LogP contribution < -0.4 is 5.32 Å². The SMILES string of the molecule is CCOC1CC(NC(=O)c2cc(Br)cn2CC)C1. The van der Waals surface area contributed by atoms with Gasteiger partial charge in [0.25, 0.3) is 5.91 Å². The van der Waals surface area contributed by atoms with Crippen molar-refractivity contribution in [2.75, 3.05) is 6.61 Å². The third-order valence-corrected chi connectivity index (χ3v) is 3.70. The molecule has 4 nitrogen and oxygen atoms in total. The normalized spacial score (nSPS) is 22.6. The smallest absolute Gasteiger partial charge is 0.268 e. The number of carbonyl (C=O) groups is 1. The highest BCUT2D eigenvalue weighted by Crippen LogP contribution is 2.24. The predicted octanol–water partition coefficient (Wildman–Crippen LogP) is 2.57. The number of aryl methyl sites for hydroxylation is 1. The summed E-state index contributed by atoms with van der Waals surface area (Å²) < 4.78 is 8.36. The first-order valence-corrected chi connectivity index (χ1v) is 7.21. The summed E-state index contributed by atoms with van der Waals surface area (Å²) in [5.41, 5.74) is 0.712. The number of hydrogen-bond acceptors (Lipinski definition) is 2. The molecule has 1 amide bonds. The molecule has 5 heteroatoms. The Morgan fingerprint density at radius 2 is 2.28 bits per heavy atom. The molecule has 1 aliphatic rings. The van der Waals surface area contributed by atoms with E-state index in [-0.39, 0.29) is 11.9 Å². The first-order valence-electron chi connectivity index (χ1n) is 6.42. The van der Waals surface area contributed by atoms with Crippen LogP contribution in [0.3, 0.4) is 0 Å². The summed E-state index contributed by atoms with van der Waals surface area (Å²) >= 11 is 3.40. The van der Waals surface area contributed by atoms with Gasteiger partial charge in [-0.3, -0.25) is 4.79 Å². The lowest BCUT2D eigenvalue weighted by molar-refractivity contribution is -0.00870. The van der Waals surface area contributed by atoms with E-state index < -0.39 is 0 Å². The van der Waals surface area contributed by atoms with Gasteiger partial charge in [-0.25, -0.2) is 0 Å². The van der Waals surface area contributed by atoms with Crippen LogP contribution in [0.4, 0.5) is 0 Å². The van der Waals surface area contributed by atoms with Crippen molar-refractivity contribution >= 4 is 21.8 Å². The number of amides is 1. The zero-order chi connectivity index (χ0) is 13.1. The lowest BCUT2D eigenvalue weighted by Crippen LogP contribution is -2.48. The van der Waals surface area contributed by atoms with Crippen LogP contribution in [0.25, 0.3) is 0 Å². The van der Waals surface area contributed by atoms with E-state index in [1.165, 1.54) is 0 Å². The zero-order valence-electron chi connectivity index (χ0n) is 10.8. The Morgan fingerprint density at radius 1 is 1.56 bits per heavy atom. The maximum atomic E-state index is 12.1. The monoisotopic (exact) mass is 314 g/mol. The molecule has 0 radical (unpaired) electrons. The molecule has 0 aliphatic heterocycles. The van der Waals surface area contributed by atoms with Gasteiger partial charge in [0.05, 0.1) is 6.10 Å². The van der Waals surface area contributed by atoms with Crippen molar-refractivity contribution in [1.29, 1.82) is 0 Å². The number of halogens is 1. The number of carbonyl (C=O) groups excluding carboxylic acids is 1. The fraction of sp³-hybridized carbons (Fsp3) is 0.615. The molecule has 0 aromatic carbocycles. The summed E-state index contributed by atoms with van der Waals surface area (Å²) in [6.45, 7) is 5.56. The van der Waals surface area contributed by atoms with Gasteiger partial charge in [-0.2, -0.15) is 0 Å². The molecule has 0 unspecified atom stereocenters. The van der Waals surface area contributed by atoms with Gasteiger partial charge in [0, 0.05) is 29.9 Å². The van der Waals surface area contributed by atoms with Crippen molar-refractivity contribution < 1.29 is 9.53 Å². The lowest BCUT2D eigenvalue weighted by atomic mass is 9.89. The van der Waals surface area contributed by atoms with Crippen LogP contribution in [0.1, 0.15) is 37.2 Å². The van der Waals surface area contributed by atoms with E-state index in [1.807, 2.05) is 30.7 Å². The van der Waals surface area contributed by atoms with E-state index in [4.69, 9.17) is 4.74 Å². The minimum atomic E-state index is 0.00231. The Morgan fingerprint density at radius 3 is 2.89 bits per heavy atom. The van der Waals surface area contributed by atoms with Crippen LogP contribution in [-0.4, -0.2) is 29.2 Å². The number of ether oxygens (including phenoxy) is 1. The Hall–Kier alpha value is -0.810. The van der Waals surface area contributed by atoms with Crippen molar-refractivity contribution in [3.63, 3.8) is 0 Å². The molecule has 0 bridgehead atoms. The molecule has 2 rings (SSSR count). The maximum Gasteiger partial charge on any atom is 0.268 e. The topological polar surface area (TPSA) is 43.3 Å². The van der Waals surface area contributed by atoms with Gasteiger partial charge in [0.15, 0.2) is 0 Å². The fourth-order valence-electron chi connectivity index (χ4n) is 2.24. The van der Waals surface area contributed by atoms with Crippen LogP contribution in [0.5, 0.6) is 0 Å². The first kappa shape index (κ1) is 13.6. The molecular weight excluding hydrogens is 296 g/mol. The van der Waals surface area contributed by atoms with Crippen molar-refractivity contribution in [2.24, 2.45) is 0 Å². The highest BCUT2D eigenvalue weighted by molar-refractivity contribution is 9.10. The van der Waals surface area contributed by atoms with Gasteiger partial charge in [-0.1, -0.05) is 0 Å². The number of nitrogens with one attached hydrogen (secondary N) is 1. The lowest BCUT2D eigenvalue weighted by Gasteiger charge is -2.35. The summed E-state index contributed by atoms with van der Waals surface area (Å²) in [6, 6.07) is 2.12. The first-order chi connectivity index (χ1) is 8.63. The average molecular weight is 315 g/mol. The zero-order valence-corrected chi connectivity index (χ0v) is 12.4. The van der Waals surface area contributed by atoms with E-state index in [9.17, 15) is 4.79 Å². The molecule has 1 aromatic rings. The Kier molecular flexibility index (Phi) is 4.45. The van der Waals surface area contributed by atoms with Gasteiger partial charge in [0.2, 0.25) is 0 Å². The predicted molar refractivity (Wildman–Crippen MR) is 73.7 cm³/mol. The quantitative estimate of drug-likeness (QED) is 0.907. The molecule has 1 N–H and O–H groups in total. The minimum Gasteiger partial charge on any atom is -0.378 e. The van der Waals surface area contributed by atoms with Crippen molar-refractivity contribution in [3.05, 3.63) is 22.4 Å². The summed E-state index contributed by atoms with van der Waals surface area (Å²) in [5.74, 6) is 0.00231. The molecular formula is C13H19BrN2O2. The molecule has 1 saturated carbocycles. The van der Waals surface area contributed by atoms with E-state index in [0.29, 0.717) is 11.8 Å². The van der Waals surface area contributed by atoms with Crippen LogP contribution in [0, 0.1) is 0 Å². The minimum absolute atomic E-state index is 0.00231. The highest BCUT2D eigenvalue weighted by Gasteiger charge is 2.31. The van der Waals surface area contributed by atoms with E-state index in [1.54, 1.807) is 0 Å². The molecule has 0 saturated heterocycles. The Balaban J connectivity index is 1.89. The number of nitrogens with zero attached hydrogens (tertiary/aromatic N) is 1.